The maximum absolute atomic E-state index is 12.8. The maximum Gasteiger partial charge on any atom is 0.253 e. The number of fused-ring (bicyclic) bond motifs is 1. The van der Waals surface area contributed by atoms with Gasteiger partial charge < -0.3 is 0 Å². The molecule has 1 saturated heterocycles. The van der Waals surface area contributed by atoms with E-state index in [2.05, 4.69) is 34.3 Å². The van der Waals surface area contributed by atoms with Crippen molar-refractivity contribution in [3.63, 3.8) is 0 Å². The molecule has 1 amide bonds. The first-order chi connectivity index (χ1) is 12.2. The van der Waals surface area contributed by atoms with Crippen LogP contribution >= 0.6 is 11.6 Å². The second kappa shape index (κ2) is 6.98. The Hall–Kier alpha value is -2.17. The van der Waals surface area contributed by atoms with Crippen molar-refractivity contribution in [3.8, 4) is 0 Å². The van der Waals surface area contributed by atoms with Gasteiger partial charge in [-0.3, -0.25) is 9.69 Å². The number of nitrogens with zero attached hydrogens (tertiary/aromatic N) is 3. The lowest BCUT2D eigenvalue weighted by molar-refractivity contribution is -0.133. The van der Waals surface area contributed by atoms with E-state index in [1.54, 1.807) is 5.01 Å². The van der Waals surface area contributed by atoms with E-state index in [-0.39, 0.29) is 11.8 Å². The Kier molecular flexibility index (Phi) is 4.55. The van der Waals surface area contributed by atoms with Crippen LogP contribution in [0, 0.1) is 5.92 Å². The van der Waals surface area contributed by atoms with Crippen LogP contribution in [0.25, 0.3) is 0 Å². The summed E-state index contributed by atoms with van der Waals surface area (Å²) in [5.41, 5.74) is 3.36. The molecule has 0 radical (unpaired) electrons. The molecule has 2 heterocycles. The van der Waals surface area contributed by atoms with Gasteiger partial charge in [0, 0.05) is 31.1 Å². The minimum Gasteiger partial charge on any atom is -0.298 e. The van der Waals surface area contributed by atoms with Crippen molar-refractivity contribution in [1.82, 2.24) is 9.91 Å². The Labute approximate surface area is 152 Å². The molecular weight excluding hydrogens is 334 g/mol. The zero-order valence-electron chi connectivity index (χ0n) is 13.9. The molecular formula is C20H20ClN3O. The fraction of sp³-hybridized carbons (Fsp3) is 0.300. The lowest BCUT2D eigenvalue weighted by Gasteiger charge is -2.30. The third kappa shape index (κ3) is 3.60. The smallest absolute Gasteiger partial charge is 0.253 e. The maximum atomic E-state index is 12.8. The molecule has 1 unspecified atom stereocenters. The van der Waals surface area contributed by atoms with Crippen LogP contribution in [0.5, 0.6) is 0 Å². The van der Waals surface area contributed by atoms with E-state index in [0.29, 0.717) is 11.6 Å². The number of hydrogen-bond donors (Lipinski definition) is 0. The van der Waals surface area contributed by atoms with Gasteiger partial charge in [-0.2, -0.15) is 5.10 Å². The van der Waals surface area contributed by atoms with E-state index >= 15 is 0 Å². The number of hydrazone groups is 1. The molecule has 5 heteroatoms. The Bertz CT molecular complexity index is 788. The molecule has 0 bridgehead atoms. The molecule has 0 spiro atoms. The van der Waals surface area contributed by atoms with E-state index in [9.17, 15) is 4.79 Å². The van der Waals surface area contributed by atoms with Crippen LogP contribution in [0.4, 0.5) is 0 Å². The first-order valence-corrected chi connectivity index (χ1v) is 8.96. The summed E-state index contributed by atoms with van der Waals surface area (Å²) >= 11 is 5.93. The minimum absolute atomic E-state index is 0.0928. The highest BCUT2D eigenvalue weighted by Crippen LogP contribution is 2.26. The molecule has 2 aromatic carbocycles. The highest BCUT2D eigenvalue weighted by Gasteiger charge is 2.39. The third-order valence-electron chi connectivity index (χ3n) is 4.82. The van der Waals surface area contributed by atoms with Gasteiger partial charge in [0.05, 0.1) is 18.2 Å². The highest BCUT2D eigenvalue weighted by molar-refractivity contribution is 6.30. The number of carbonyl (C=O) groups is 1. The molecule has 4 nitrogen and oxygen atoms in total. The van der Waals surface area contributed by atoms with Crippen LogP contribution < -0.4 is 0 Å². The van der Waals surface area contributed by atoms with E-state index in [1.807, 2.05) is 30.3 Å². The van der Waals surface area contributed by atoms with Gasteiger partial charge in [-0.25, -0.2) is 5.01 Å². The lowest BCUT2D eigenvalue weighted by atomic mass is 9.95. The molecule has 128 valence electrons. The number of rotatable bonds is 4. The normalized spacial score (nSPS) is 20.5. The Morgan fingerprint density at radius 2 is 1.72 bits per heavy atom. The number of benzene rings is 2. The lowest BCUT2D eigenvalue weighted by Crippen LogP contribution is -2.42. The van der Waals surface area contributed by atoms with Crippen LogP contribution in [0.1, 0.15) is 17.5 Å². The summed E-state index contributed by atoms with van der Waals surface area (Å²) in [5, 5.41) is 6.91. The van der Waals surface area contributed by atoms with Crippen molar-refractivity contribution in [3.05, 3.63) is 70.7 Å². The summed E-state index contributed by atoms with van der Waals surface area (Å²) in [4.78, 5) is 15.1. The number of hydrogen-bond acceptors (Lipinski definition) is 3. The number of carbonyl (C=O) groups excluding carboxylic acids is 1. The van der Waals surface area contributed by atoms with Crippen molar-refractivity contribution in [1.29, 1.82) is 0 Å². The fourth-order valence-electron chi connectivity index (χ4n) is 3.49. The van der Waals surface area contributed by atoms with Crippen molar-refractivity contribution in [2.45, 2.75) is 19.5 Å². The third-order valence-corrected chi connectivity index (χ3v) is 5.08. The Balaban J connectivity index is 1.41. The zero-order valence-corrected chi connectivity index (χ0v) is 14.7. The number of halogens is 1. The first kappa shape index (κ1) is 16.3. The molecule has 1 fully saturated rings. The van der Waals surface area contributed by atoms with Crippen LogP contribution in [0.2, 0.25) is 5.02 Å². The van der Waals surface area contributed by atoms with Gasteiger partial charge >= 0.3 is 0 Å². The number of piperidine rings is 1. The molecule has 1 atom stereocenters. The van der Waals surface area contributed by atoms with E-state index < -0.39 is 0 Å². The van der Waals surface area contributed by atoms with E-state index in [1.165, 1.54) is 5.56 Å². The summed E-state index contributed by atoms with van der Waals surface area (Å²) in [6.07, 6.45) is 0.861. The van der Waals surface area contributed by atoms with Crippen LogP contribution in [-0.4, -0.2) is 34.6 Å². The van der Waals surface area contributed by atoms with Crippen LogP contribution in [-0.2, 0) is 17.9 Å². The standard InChI is InChI=1S/C20H20ClN3O/c21-17-8-6-16(7-9-17)13-24-20(25)18-14-23(11-10-19(18)22-24)12-15-4-2-1-3-5-15/h1-9,18H,10-14H2. The van der Waals surface area contributed by atoms with Gasteiger partial charge in [0.2, 0.25) is 0 Å². The average molecular weight is 354 g/mol. The van der Waals surface area contributed by atoms with Crippen molar-refractivity contribution < 1.29 is 4.79 Å². The summed E-state index contributed by atoms with van der Waals surface area (Å²) in [5.74, 6) is 0.0208. The van der Waals surface area contributed by atoms with Gasteiger partial charge in [0.1, 0.15) is 0 Å². The molecule has 2 aromatic rings. The van der Waals surface area contributed by atoms with Gasteiger partial charge in [0.15, 0.2) is 0 Å². The van der Waals surface area contributed by atoms with Gasteiger partial charge in [-0.05, 0) is 23.3 Å². The molecule has 0 aliphatic carbocycles. The highest BCUT2D eigenvalue weighted by atomic mass is 35.5. The largest absolute Gasteiger partial charge is 0.298 e. The Morgan fingerprint density at radius 3 is 2.48 bits per heavy atom. The summed E-state index contributed by atoms with van der Waals surface area (Å²) in [6.45, 7) is 3.10. The predicted octanol–water partition coefficient (Wildman–Crippen LogP) is 3.56. The summed E-state index contributed by atoms with van der Waals surface area (Å²) < 4.78 is 0. The average Bonchev–Trinajstić information content (AvgIpc) is 2.94. The second-order valence-corrected chi connectivity index (χ2v) is 7.07. The number of amides is 1. The SMILES string of the molecule is O=C1C2CN(Cc3ccccc3)CCC2=NN1Cc1ccc(Cl)cc1. The molecule has 25 heavy (non-hydrogen) atoms. The van der Waals surface area contributed by atoms with E-state index in [0.717, 1.165) is 37.3 Å². The summed E-state index contributed by atoms with van der Waals surface area (Å²) in [7, 11) is 0. The van der Waals surface area contributed by atoms with Gasteiger partial charge in [-0.15, -0.1) is 0 Å². The predicted molar refractivity (Wildman–Crippen MR) is 99.3 cm³/mol. The van der Waals surface area contributed by atoms with Crippen molar-refractivity contribution in [2.75, 3.05) is 13.1 Å². The van der Waals surface area contributed by atoms with Crippen molar-refractivity contribution >= 4 is 23.2 Å². The monoisotopic (exact) mass is 353 g/mol. The van der Waals surface area contributed by atoms with Gasteiger partial charge in [0.25, 0.3) is 5.91 Å². The van der Waals surface area contributed by atoms with Crippen LogP contribution in [0.15, 0.2) is 59.7 Å². The molecule has 0 aromatic heterocycles. The second-order valence-electron chi connectivity index (χ2n) is 6.64. The zero-order chi connectivity index (χ0) is 17.2. The molecule has 2 aliphatic heterocycles. The fourth-order valence-corrected chi connectivity index (χ4v) is 3.61. The first-order valence-electron chi connectivity index (χ1n) is 8.58. The summed E-state index contributed by atoms with van der Waals surface area (Å²) in [6, 6.07) is 18.0. The topological polar surface area (TPSA) is 35.9 Å². The molecule has 0 N–H and O–H groups in total. The van der Waals surface area contributed by atoms with Crippen LogP contribution in [0.3, 0.4) is 0 Å². The minimum atomic E-state index is -0.0928. The van der Waals surface area contributed by atoms with Gasteiger partial charge in [-0.1, -0.05) is 54.1 Å². The van der Waals surface area contributed by atoms with E-state index in [4.69, 9.17) is 11.6 Å². The quantitative estimate of drug-likeness (QED) is 0.842. The molecule has 0 saturated carbocycles. The molecule has 4 rings (SSSR count). The molecule has 2 aliphatic rings. The Morgan fingerprint density at radius 1 is 1.00 bits per heavy atom. The number of likely N-dealkylation sites (tertiary alicyclic amines) is 1. The van der Waals surface area contributed by atoms with Crippen molar-refractivity contribution in [2.24, 2.45) is 11.0 Å².